The number of ether oxygens (including phenoxy) is 1. The lowest BCUT2D eigenvalue weighted by Gasteiger charge is -1.91. The van der Waals surface area contributed by atoms with E-state index in [1.54, 1.807) is 6.08 Å². The Morgan fingerprint density at radius 2 is 2.70 bits per heavy atom. The third kappa shape index (κ3) is 1.70. The molecular weight excluding hydrogens is 152 g/mol. The van der Waals surface area contributed by atoms with Gasteiger partial charge in [-0.3, -0.25) is 4.79 Å². The number of aromatic amines is 1. The van der Waals surface area contributed by atoms with Gasteiger partial charge in [-0.15, -0.1) is 5.10 Å². The summed E-state index contributed by atoms with van der Waals surface area (Å²) in [7, 11) is 0. The van der Waals surface area contributed by atoms with E-state index in [0.717, 1.165) is 11.3 Å². The van der Waals surface area contributed by atoms with Crippen LogP contribution in [0.15, 0.2) is 17.4 Å². The Kier molecular flexibility index (Phi) is 2.22. The third-order valence-corrected chi connectivity index (χ3v) is 1.40. The van der Waals surface area contributed by atoms with Crippen molar-refractivity contribution in [2.45, 2.75) is 0 Å². The van der Waals surface area contributed by atoms with E-state index in [1.807, 2.05) is 0 Å². The first-order valence-corrected chi connectivity index (χ1v) is 3.44. The van der Waals surface area contributed by atoms with E-state index in [9.17, 15) is 4.79 Å². The number of rotatable bonds is 3. The van der Waals surface area contributed by atoms with E-state index in [1.165, 1.54) is 0 Å². The maximum Gasteiger partial charge on any atom is 0.325 e. The minimum absolute atomic E-state index is 0.209. The van der Waals surface area contributed by atoms with Crippen LogP contribution in [0, 0.1) is 0 Å². The molecule has 0 aliphatic heterocycles. The largest absolute Gasteiger partial charge is 0.465 e. The van der Waals surface area contributed by atoms with Crippen molar-refractivity contribution >= 4 is 11.3 Å². The molecule has 0 amide bonds. The Hall–Kier alpha value is -1.10. The van der Waals surface area contributed by atoms with Gasteiger partial charge in [-0.2, -0.15) is 0 Å². The van der Waals surface area contributed by atoms with Gasteiger partial charge < -0.3 is 4.74 Å². The molecule has 0 aliphatic carbocycles. The molecule has 1 N–H and O–H groups in total. The molecule has 0 saturated carbocycles. The Labute approximate surface area is 61.2 Å². The first kappa shape index (κ1) is 7.01. The summed E-state index contributed by atoms with van der Waals surface area (Å²) in [4.78, 5) is 10.2. The SMILES string of the molecule is C=CCOc1n[nH]c(=O)s1. The summed E-state index contributed by atoms with van der Waals surface area (Å²) >= 11 is 0.935. The minimum Gasteiger partial charge on any atom is -0.465 e. The van der Waals surface area contributed by atoms with Crippen LogP contribution < -0.4 is 9.61 Å². The maximum absolute atomic E-state index is 10.4. The summed E-state index contributed by atoms with van der Waals surface area (Å²) in [5.41, 5.74) is 0. The second-order valence-electron chi connectivity index (χ2n) is 1.48. The molecule has 0 fully saturated rings. The Morgan fingerprint density at radius 3 is 3.20 bits per heavy atom. The monoisotopic (exact) mass is 158 g/mol. The zero-order chi connectivity index (χ0) is 7.40. The predicted molar refractivity (Wildman–Crippen MR) is 38.4 cm³/mol. The van der Waals surface area contributed by atoms with E-state index in [-0.39, 0.29) is 4.87 Å². The number of nitrogens with zero attached hydrogens (tertiary/aromatic N) is 1. The number of hydrogen-bond acceptors (Lipinski definition) is 4. The molecule has 0 saturated heterocycles. The van der Waals surface area contributed by atoms with Crippen molar-refractivity contribution < 1.29 is 4.74 Å². The molecular formula is C5H6N2O2S. The summed E-state index contributed by atoms with van der Waals surface area (Å²) in [6.07, 6.45) is 1.59. The van der Waals surface area contributed by atoms with Gasteiger partial charge in [-0.05, 0) is 11.3 Å². The van der Waals surface area contributed by atoms with Crippen molar-refractivity contribution in [3.05, 3.63) is 22.3 Å². The van der Waals surface area contributed by atoms with Crippen LogP contribution in [-0.4, -0.2) is 16.8 Å². The summed E-state index contributed by atoms with van der Waals surface area (Å²) in [6.45, 7) is 3.82. The highest BCUT2D eigenvalue weighted by Gasteiger charge is 1.96. The van der Waals surface area contributed by atoms with Crippen LogP contribution in [0.1, 0.15) is 0 Å². The normalized spacial score (nSPS) is 9.20. The van der Waals surface area contributed by atoms with Gasteiger partial charge in [0.25, 0.3) is 5.19 Å². The fourth-order valence-corrected chi connectivity index (χ4v) is 0.876. The number of hydrogen-bond donors (Lipinski definition) is 1. The van der Waals surface area contributed by atoms with Gasteiger partial charge in [-0.25, -0.2) is 5.10 Å². The van der Waals surface area contributed by atoms with Crippen molar-refractivity contribution in [2.75, 3.05) is 6.61 Å². The topological polar surface area (TPSA) is 55.0 Å². The van der Waals surface area contributed by atoms with Crippen molar-refractivity contribution in [2.24, 2.45) is 0 Å². The zero-order valence-corrected chi connectivity index (χ0v) is 5.98. The molecule has 1 aromatic rings. The van der Waals surface area contributed by atoms with Crippen molar-refractivity contribution in [1.29, 1.82) is 0 Å². The molecule has 1 heterocycles. The zero-order valence-electron chi connectivity index (χ0n) is 5.16. The van der Waals surface area contributed by atoms with Crippen LogP contribution in [0.25, 0.3) is 0 Å². The number of aromatic nitrogens is 2. The van der Waals surface area contributed by atoms with Gasteiger partial charge in [0.15, 0.2) is 0 Å². The average molecular weight is 158 g/mol. The minimum atomic E-state index is -0.209. The molecule has 0 aliphatic rings. The van der Waals surface area contributed by atoms with Gasteiger partial charge >= 0.3 is 4.87 Å². The van der Waals surface area contributed by atoms with Gasteiger partial charge in [0, 0.05) is 0 Å². The van der Waals surface area contributed by atoms with Crippen molar-refractivity contribution in [1.82, 2.24) is 10.2 Å². The van der Waals surface area contributed by atoms with Crippen LogP contribution in [0.3, 0.4) is 0 Å². The van der Waals surface area contributed by atoms with Crippen molar-refractivity contribution in [3.63, 3.8) is 0 Å². The van der Waals surface area contributed by atoms with E-state index in [2.05, 4.69) is 16.8 Å². The lowest BCUT2D eigenvalue weighted by atomic mass is 10.7. The van der Waals surface area contributed by atoms with Crippen LogP contribution in [0.5, 0.6) is 5.19 Å². The highest BCUT2D eigenvalue weighted by atomic mass is 32.1. The average Bonchev–Trinajstić information content (AvgIpc) is 2.31. The molecule has 1 rings (SSSR count). The summed E-state index contributed by atoms with van der Waals surface area (Å²) in [5, 5.41) is 6.15. The molecule has 1 aromatic heterocycles. The third-order valence-electron chi connectivity index (χ3n) is 0.743. The fourth-order valence-electron chi connectivity index (χ4n) is 0.408. The summed E-state index contributed by atoms with van der Waals surface area (Å²) in [6, 6.07) is 0. The second kappa shape index (κ2) is 3.17. The van der Waals surface area contributed by atoms with Gasteiger partial charge in [-0.1, -0.05) is 12.7 Å². The Bertz CT molecular complexity index is 265. The van der Waals surface area contributed by atoms with E-state index >= 15 is 0 Å². The molecule has 0 atom stereocenters. The van der Waals surface area contributed by atoms with E-state index < -0.39 is 0 Å². The molecule has 5 heteroatoms. The highest BCUT2D eigenvalue weighted by molar-refractivity contribution is 7.10. The fraction of sp³-hybridized carbons (Fsp3) is 0.200. The Morgan fingerprint density at radius 1 is 1.90 bits per heavy atom. The molecule has 0 radical (unpaired) electrons. The van der Waals surface area contributed by atoms with Crippen LogP contribution in [0.4, 0.5) is 0 Å². The molecule has 10 heavy (non-hydrogen) atoms. The standard InChI is InChI=1S/C5H6N2O2S/c1-2-3-9-5-7-6-4(8)10-5/h2H,1,3H2,(H,6,8). The van der Waals surface area contributed by atoms with Crippen LogP contribution >= 0.6 is 11.3 Å². The smallest absolute Gasteiger partial charge is 0.325 e. The molecule has 54 valence electrons. The quantitative estimate of drug-likeness (QED) is 0.647. The lowest BCUT2D eigenvalue weighted by Crippen LogP contribution is -1.91. The van der Waals surface area contributed by atoms with Gasteiger partial charge in [0.1, 0.15) is 6.61 Å². The lowest BCUT2D eigenvalue weighted by molar-refractivity contribution is 0.357. The first-order valence-electron chi connectivity index (χ1n) is 2.62. The molecule has 0 aromatic carbocycles. The summed E-state index contributed by atoms with van der Waals surface area (Å²) in [5.74, 6) is 0. The van der Waals surface area contributed by atoms with Crippen LogP contribution in [0.2, 0.25) is 0 Å². The predicted octanol–water partition coefficient (Wildman–Crippen LogP) is 0.396. The molecule has 0 spiro atoms. The van der Waals surface area contributed by atoms with Gasteiger partial charge in [0.05, 0.1) is 0 Å². The Balaban J connectivity index is 2.58. The maximum atomic E-state index is 10.4. The number of H-pyrrole nitrogens is 1. The highest BCUT2D eigenvalue weighted by Crippen LogP contribution is 2.05. The van der Waals surface area contributed by atoms with Gasteiger partial charge in [0.2, 0.25) is 0 Å². The van der Waals surface area contributed by atoms with E-state index in [4.69, 9.17) is 4.74 Å². The first-order chi connectivity index (χ1) is 4.83. The van der Waals surface area contributed by atoms with Crippen LogP contribution in [-0.2, 0) is 0 Å². The molecule has 4 nitrogen and oxygen atoms in total. The second-order valence-corrected chi connectivity index (χ2v) is 2.40. The summed E-state index contributed by atoms with van der Waals surface area (Å²) < 4.78 is 4.93. The number of nitrogens with one attached hydrogen (secondary N) is 1. The molecule has 0 unspecified atom stereocenters. The molecule has 0 bridgehead atoms. The van der Waals surface area contributed by atoms with E-state index in [0.29, 0.717) is 11.8 Å². The van der Waals surface area contributed by atoms with Crippen molar-refractivity contribution in [3.8, 4) is 5.19 Å².